The van der Waals surface area contributed by atoms with Gasteiger partial charge in [-0.15, -0.1) is 0 Å². The molecule has 1 aliphatic rings. The van der Waals surface area contributed by atoms with Crippen LogP contribution in [0.3, 0.4) is 0 Å². The van der Waals surface area contributed by atoms with Gasteiger partial charge in [0.1, 0.15) is 5.69 Å². The zero-order chi connectivity index (χ0) is 16.4. The number of aromatic nitrogens is 1. The monoisotopic (exact) mass is 316 g/mol. The van der Waals surface area contributed by atoms with Crippen molar-refractivity contribution in [2.24, 2.45) is 0 Å². The van der Waals surface area contributed by atoms with Crippen LogP contribution in [0.1, 0.15) is 43.9 Å². The lowest BCUT2D eigenvalue weighted by molar-refractivity contribution is -0.141. The maximum atomic E-state index is 12.7. The van der Waals surface area contributed by atoms with Crippen molar-refractivity contribution in [1.82, 2.24) is 9.88 Å². The summed E-state index contributed by atoms with van der Waals surface area (Å²) in [4.78, 5) is 16.8. The Labute approximate surface area is 127 Å². The van der Waals surface area contributed by atoms with Crippen molar-refractivity contribution < 1.29 is 23.1 Å². The SMILES string of the molecule is CCCC(=O)N1CCC(O)(c2ccnc(C(F)(F)F)c2)CC1. The maximum absolute atomic E-state index is 12.7. The van der Waals surface area contributed by atoms with Crippen LogP contribution in [0.25, 0.3) is 0 Å². The van der Waals surface area contributed by atoms with Crippen molar-refractivity contribution in [2.45, 2.75) is 44.4 Å². The second kappa shape index (κ2) is 6.24. The highest BCUT2D eigenvalue weighted by Crippen LogP contribution is 2.35. The summed E-state index contributed by atoms with van der Waals surface area (Å²) in [5.74, 6) is 0.0234. The smallest absolute Gasteiger partial charge is 0.385 e. The van der Waals surface area contributed by atoms with Gasteiger partial charge < -0.3 is 10.0 Å². The Hall–Kier alpha value is -1.63. The Bertz CT molecular complexity index is 538. The van der Waals surface area contributed by atoms with E-state index in [1.807, 2.05) is 6.92 Å². The zero-order valence-corrected chi connectivity index (χ0v) is 12.4. The van der Waals surface area contributed by atoms with Gasteiger partial charge in [0, 0.05) is 25.7 Å². The van der Waals surface area contributed by atoms with Crippen molar-refractivity contribution in [1.29, 1.82) is 0 Å². The Morgan fingerprint density at radius 3 is 2.59 bits per heavy atom. The summed E-state index contributed by atoms with van der Waals surface area (Å²) in [6.45, 7) is 2.60. The highest BCUT2D eigenvalue weighted by molar-refractivity contribution is 5.76. The average Bonchev–Trinajstić information content (AvgIpc) is 2.47. The zero-order valence-electron chi connectivity index (χ0n) is 12.4. The number of carbonyl (C=O) groups excluding carboxylic acids is 1. The van der Waals surface area contributed by atoms with Crippen LogP contribution in [0.4, 0.5) is 13.2 Å². The van der Waals surface area contributed by atoms with Crippen LogP contribution in [0.15, 0.2) is 18.3 Å². The Morgan fingerprint density at radius 2 is 2.05 bits per heavy atom. The molecular weight excluding hydrogens is 297 g/mol. The van der Waals surface area contributed by atoms with Gasteiger partial charge in [-0.2, -0.15) is 13.2 Å². The number of likely N-dealkylation sites (tertiary alicyclic amines) is 1. The quantitative estimate of drug-likeness (QED) is 0.933. The van der Waals surface area contributed by atoms with E-state index < -0.39 is 17.5 Å². The van der Waals surface area contributed by atoms with Gasteiger partial charge in [0.25, 0.3) is 0 Å². The maximum Gasteiger partial charge on any atom is 0.433 e. The van der Waals surface area contributed by atoms with Crippen LogP contribution < -0.4 is 0 Å². The van der Waals surface area contributed by atoms with Crippen LogP contribution in [0.5, 0.6) is 0 Å². The van der Waals surface area contributed by atoms with Gasteiger partial charge in [-0.1, -0.05) is 6.92 Å². The van der Waals surface area contributed by atoms with Crippen molar-refractivity contribution in [2.75, 3.05) is 13.1 Å². The van der Waals surface area contributed by atoms with Crippen molar-refractivity contribution in [3.63, 3.8) is 0 Å². The molecule has 1 aromatic heterocycles. The van der Waals surface area contributed by atoms with E-state index in [2.05, 4.69) is 4.98 Å². The second-order valence-corrected chi connectivity index (χ2v) is 5.59. The van der Waals surface area contributed by atoms with E-state index in [1.54, 1.807) is 4.90 Å². The van der Waals surface area contributed by atoms with Gasteiger partial charge in [0.2, 0.25) is 5.91 Å². The summed E-state index contributed by atoms with van der Waals surface area (Å²) in [5, 5.41) is 10.6. The number of halogens is 3. The van der Waals surface area contributed by atoms with E-state index >= 15 is 0 Å². The van der Waals surface area contributed by atoms with E-state index in [0.29, 0.717) is 19.5 Å². The number of pyridine rings is 1. The molecule has 1 saturated heterocycles. The number of alkyl halides is 3. The summed E-state index contributed by atoms with van der Waals surface area (Å²) in [7, 11) is 0. The van der Waals surface area contributed by atoms with Gasteiger partial charge >= 0.3 is 6.18 Å². The molecule has 0 bridgehead atoms. The molecule has 0 aliphatic carbocycles. The largest absolute Gasteiger partial charge is 0.433 e. The third-order valence-corrected chi connectivity index (χ3v) is 3.99. The van der Waals surface area contributed by atoms with Crippen LogP contribution >= 0.6 is 0 Å². The Morgan fingerprint density at radius 1 is 1.41 bits per heavy atom. The number of rotatable bonds is 3. The molecule has 0 spiro atoms. The predicted octanol–water partition coefficient (Wildman–Crippen LogP) is 2.71. The van der Waals surface area contributed by atoms with Gasteiger partial charge in [-0.3, -0.25) is 9.78 Å². The molecule has 0 saturated carbocycles. The number of amides is 1. The number of nitrogens with zero attached hydrogens (tertiary/aromatic N) is 2. The molecule has 1 amide bonds. The Balaban J connectivity index is 2.12. The van der Waals surface area contributed by atoms with E-state index in [0.717, 1.165) is 18.7 Å². The number of piperidine rings is 1. The molecular formula is C15H19F3N2O2. The molecule has 22 heavy (non-hydrogen) atoms. The molecule has 0 radical (unpaired) electrons. The molecule has 1 N–H and O–H groups in total. The third-order valence-electron chi connectivity index (χ3n) is 3.99. The minimum atomic E-state index is -4.54. The molecule has 0 atom stereocenters. The van der Waals surface area contributed by atoms with Crippen LogP contribution in [-0.4, -0.2) is 34.0 Å². The molecule has 2 heterocycles. The molecule has 2 rings (SSSR count). The van der Waals surface area contributed by atoms with Crippen LogP contribution in [-0.2, 0) is 16.6 Å². The molecule has 0 unspecified atom stereocenters. The van der Waals surface area contributed by atoms with E-state index in [-0.39, 0.29) is 24.3 Å². The first-order valence-corrected chi connectivity index (χ1v) is 7.30. The van der Waals surface area contributed by atoms with Crippen LogP contribution in [0.2, 0.25) is 0 Å². The second-order valence-electron chi connectivity index (χ2n) is 5.59. The first-order chi connectivity index (χ1) is 10.3. The first-order valence-electron chi connectivity index (χ1n) is 7.30. The van der Waals surface area contributed by atoms with E-state index in [1.165, 1.54) is 6.07 Å². The first kappa shape index (κ1) is 16.7. The molecule has 122 valence electrons. The molecule has 1 aromatic rings. The van der Waals surface area contributed by atoms with Gasteiger partial charge in [-0.05, 0) is 37.0 Å². The lowest BCUT2D eigenvalue weighted by Gasteiger charge is -2.38. The molecule has 0 aromatic carbocycles. The van der Waals surface area contributed by atoms with Crippen molar-refractivity contribution >= 4 is 5.91 Å². The number of aliphatic hydroxyl groups is 1. The molecule has 1 aliphatic heterocycles. The highest BCUT2D eigenvalue weighted by Gasteiger charge is 2.38. The normalized spacial score (nSPS) is 18.3. The summed E-state index contributed by atoms with van der Waals surface area (Å²) < 4.78 is 38.1. The molecule has 7 heteroatoms. The molecule has 1 fully saturated rings. The number of carbonyl (C=O) groups is 1. The lowest BCUT2D eigenvalue weighted by atomic mass is 9.84. The third kappa shape index (κ3) is 3.58. The van der Waals surface area contributed by atoms with Gasteiger partial charge in [0.05, 0.1) is 5.60 Å². The lowest BCUT2D eigenvalue weighted by Crippen LogP contribution is -2.45. The summed E-state index contributed by atoms with van der Waals surface area (Å²) in [6.07, 6.45) is -1.83. The number of hydrogen-bond acceptors (Lipinski definition) is 3. The van der Waals surface area contributed by atoms with Crippen molar-refractivity contribution in [3.8, 4) is 0 Å². The average molecular weight is 316 g/mol. The minimum Gasteiger partial charge on any atom is -0.385 e. The van der Waals surface area contributed by atoms with Gasteiger partial charge in [-0.25, -0.2) is 0 Å². The Kier molecular flexibility index (Phi) is 4.75. The standard InChI is InChI=1S/C15H19F3N2O2/c1-2-3-13(21)20-8-5-14(22,6-9-20)11-4-7-19-12(10-11)15(16,17)18/h4,7,10,22H,2-3,5-6,8-9H2,1H3. The van der Waals surface area contributed by atoms with Gasteiger partial charge in [0.15, 0.2) is 0 Å². The summed E-state index contributed by atoms with van der Waals surface area (Å²) >= 11 is 0. The summed E-state index contributed by atoms with van der Waals surface area (Å²) in [6, 6.07) is 2.29. The van der Waals surface area contributed by atoms with Crippen LogP contribution in [0, 0.1) is 0 Å². The summed E-state index contributed by atoms with van der Waals surface area (Å²) in [5.41, 5.74) is -2.15. The number of hydrogen-bond donors (Lipinski definition) is 1. The van der Waals surface area contributed by atoms with Crippen molar-refractivity contribution in [3.05, 3.63) is 29.6 Å². The fourth-order valence-corrected chi connectivity index (χ4v) is 2.66. The minimum absolute atomic E-state index is 0.0234. The highest BCUT2D eigenvalue weighted by atomic mass is 19.4. The topological polar surface area (TPSA) is 53.4 Å². The predicted molar refractivity (Wildman–Crippen MR) is 73.9 cm³/mol. The fourth-order valence-electron chi connectivity index (χ4n) is 2.66. The molecule has 4 nitrogen and oxygen atoms in total. The van der Waals surface area contributed by atoms with E-state index in [4.69, 9.17) is 0 Å². The van der Waals surface area contributed by atoms with E-state index in [9.17, 15) is 23.1 Å². The fraction of sp³-hybridized carbons (Fsp3) is 0.600.